The highest BCUT2D eigenvalue weighted by atomic mass is 16.4. The third-order valence-electron chi connectivity index (χ3n) is 4.79. The van der Waals surface area contributed by atoms with Gasteiger partial charge < -0.3 is 20.4 Å². The van der Waals surface area contributed by atoms with Gasteiger partial charge in [0.2, 0.25) is 0 Å². The summed E-state index contributed by atoms with van der Waals surface area (Å²) in [5.41, 5.74) is 0.604. The van der Waals surface area contributed by atoms with E-state index in [-0.39, 0.29) is 33.8 Å². The first-order valence-corrected chi connectivity index (χ1v) is 8.36. The minimum absolute atomic E-state index is 0.0599. The van der Waals surface area contributed by atoms with Crippen LogP contribution in [0.25, 0.3) is 32.7 Å². The SMILES string of the molecule is O=C(O)c1cccc2c(-c3c(O)ccc4c(C(=O)O)cccc34)c(O)ccc12. The zero-order valence-electron chi connectivity index (χ0n) is 14.4. The lowest BCUT2D eigenvalue weighted by Crippen LogP contribution is -1.99. The van der Waals surface area contributed by atoms with Crippen molar-refractivity contribution in [3.8, 4) is 22.6 Å². The van der Waals surface area contributed by atoms with E-state index in [1.807, 2.05) is 0 Å². The van der Waals surface area contributed by atoms with Gasteiger partial charge in [-0.2, -0.15) is 0 Å². The summed E-state index contributed by atoms with van der Waals surface area (Å²) < 4.78 is 0. The van der Waals surface area contributed by atoms with E-state index in [0.717, 1.165) is 0 Å². The molecule has 4 N–H and O–H groups in total. The zero-order valence-corrected chi connectivity index (χ0v) is 14.4. The molecular weight excluding hydrogens is 360 g/mol. The van der Waals surface area contributed by atoms with Crippen LogP contribution in [0.1, 0.15) is 20.7 Å². The van der Waals surface area contributed by atoms with Crippen LogP contribution < -0.4 is 0 Å². The maximum absolute atomic E-state index is 11.6. The van der Waals surface area contributed by atoms with Crippen LogP contribution in [0, 0.1) is 0 Å². The molecule has 0 aliphatic heterocycles. The van der Waals surface area contributed by atoms with Crippen LogP contribution in [0.5, 0.6) is 11.5 Å². The third-order valence-corrected chi connectivity index (χ3v) is 4.79. The summed E-state index contributed by atoms with van der Waals surface area (Å²) in [5.74, 6) is -2.53. The van der Waals surface area contributed by atoms with Crippen LogP contribution in [0.3, 0.4) is 0 Å². The van der Waals surface area contributed by atoms with E-state index in [2.05, 4.69) is 0 Å². The Hall–Kier alpha value is -4.06. The molecule has 0 spiro atoms. The Morgan fingerprint density at radius 2 is 0.929 bits per heavy atom. The summed E-state index contributed by atoms with van der Waals surface area (Å²) in [4.78, 5) is 23.1. The minimum atomic E-state index is -1.11. The van der Waals surface area contributed by atoms with Gasteiger partial charge in [0, 0.05) is 11.1 Å². The van der Waals surface area contributed by atoms with Gasteiger partial charge in [-0.3, -0.25) is 0 Å². The number of fused-ring (bicyclic) bond motifs is 2. The van der Waals surface area contributed by atoms with Gasteiger partial charge in [0.25, 0.3) is 0 Å². The number of carboxylic acids is 2. The molecule has 0 aromatic heterocycles. The summed E-state index contributed by atoms with van der Waals surface area (Å²) >= 11 is 0. The first-order chi connectivity index (χ1) is 13.4. The molecule has 28 heavy (non-hydrogen) atoms. The second kappa shape index (κ2) is 6.28. The first kappa shape index (κ1) is 17.4. The van der Waals surface area contributed by atoms with Gasteiger partial charge in [0.05, 0.1) is 11.1 Å². The Balaban J connectivity index is 2.19. The highest BCUT2D eigenvalue weighted by Crippen LogP contribution is 2.45. The molecular formula is C22H14O6. The molecule has 0 amide bonds. The largest absolute Gasteiger partial charge is 0.507 e. The number of aromatic hydroxyl groups is 2. The number of aromatic carboxylic acids is 2. The predicted molar refractivity (Wildman–Crippen MR) is 104 cm³/mol. The molecule has 0 unspecified atom stereocenters. The van der Waals surface area contributed by atoms with E-state index < -0.39 is 11.9 Å². The average molecular weight is 374 g/mol. The fourth-order valence-corrected chi connectivity index (χ4v) is 3.59. The average Bonchev–Trinajstić information content (AvgIpc) is 2.67. The quantitative estimate of drug-likeness (QED) is 0.421. The summed E-state index contributed by atoms with van der Waals surface area (Å²) in [6, 6.07) is 15.1. The fraction of sp³-hybridized carbons (Fsp3) is 0. The van der Waals surface area contributed by atoms with Crippen LogP contribution in [0.15, 0.2) is 60.7 Å². The topological polar surface area (TPSA) is 115 Å². The number of benzene rings is 4. The Labute approximate surface area is 158 Å². The lowest BCUT2D eigenvalue weighted by atomic mass is 9.90. The molecule has 0 heterocycles. The molecule has 4 aromatic rings. The zero-order chi connectivity index (χ0) is 20.0. The van der Waals surface area contributed by atoms with Gasteiger partial charge >= 0.3 is 11.9 Å². The molecule has 0 radical (unpaired) electrons. The predicted octanol–water partition coefficient (Wildman–Crippen LogP) is 4.47. The second-order valence-corrected chi connectivity index (χ2v) is 6.33. The van der Waals surface area contributed by atoms with Gasteiger partial charge in [0.15, 0.2) is 0 Å². The van der Waals surface area contributed by atoms with Crippen LogP contribution in [0.2, 0.25) is 0 Å². The summed E-state index contributed by atoms with van der Waals surface area (Å²) in [6.45, 7) is 0. The van der Waals surface area contributed by atoms with Crippen LogP contribution in [-0.2, 0) is 0 Å². The van der Waals surface area contributed by atoms with Crippen LogP contribution >= 0.6 is 0 Å². The Bertz CT molecular complexity index is 1190. The summed E-state index contributed by atoms with van der Waals surface area (Å²) in [5, 5.41) is 41.7. The van der Waals surface area contributed by atoms with E-state index in [0.29, 0.717) is 21.5 Å². The van der Waals surface area contributed by atoms with Gasteiger partial charge in [-0.05, 0) is 57.9 Å². The molecule has 4 rings (SSSR count). The van der Waals surface area contributed by atoms with Crippen LogP contribution in [-0.4, -0.2) is 32.4 Å². The molecule has 6 nitrogen and oxygen atoms in total. The number of phenolic OH excluding ortho intramolecular Hbond substituents is 2. The Morgan fingerprint density at radius 3 is 1.29 bits per heavy atom. The van der Waals surface area contributed by atoms with Crippen molar-refractivity contribution < 1.29 is 30.0 Å². The Morgan fingerprint density at radius 1 is 0.536 bits per heavy atom. The van der Waals surface area contributed by atoms with E-state index in [4.69, 9.17) is 0 Å². The molecule has 0 aliphatic carbocycles. The van der Waals surface area contributed by atoms with Gasteiger partial charge in [-0.25, -0.2) is 9.59 Å². The van der Waals surface area contributed by atoms with Crippen molar-refractivity contribution in [2.45, 2.75) is 0 Å². The normalized spacial score (nSPS) is 11.0. The van der Waals surface area contributed by atoms with E-state index in [9.17, 15) is 30.0 Å². The second-order valence-electron chi connectivity index (χ2n) is 6.33. The fourth-order valence-electron chi connectivity index (χ4n) is 3.59. The Kier molecular flexibility index (Phi) is 3.89. The third kappa shape index (κ3) is 2.51. The van der Waals surface area contributed by atoms with Crippen molar-refractivity contribution in [2.24, 2.45) is 0 Å². The van der Waals surface area contributed by atoms with Crippen LogP contribution in [0.4, 0.5) is 0 Å². The van der Waals surface area contributed by atoms with Crippen molar-refractivity contribution in [2.75, 3.05) is 0 Å². The molecule has 6 heteroatoms. The number of carbonyl (C=O) groups is 2. The molecule has 0 atom stereocenters. The van der Waals surface area contributed by atoms with E-state index in [1.54, 1.807) is 24.3 Å². The summed E-state index contributed by atoms with van der Waals surface area (Å²) in [7, 11) is 0. The minimum Gasteiger partial charge on any atom is -0.507 e. The van der Waals surface area contributed by atoms with E-state index in [1.165, 1.54) is 36.4 Å². The van der Waals surface area contributed by atoms with Gasteiger partial charge in [-0.1, -0.05) is 24.3 Å². The lowest BCUT2D eigenvalue weighted by molar-refractivity contribution is 0.0688. The van der Waals surface area contributed by atoms with Crippen molar-refractivity contribution >= 4 is 33.5 Å². The van der Waals surface area contributed by atoms with E-state index >= 15 is 0 Å². The number of carboxylic acid groups (broad SMARTS) is 2. The lowest BCUT2D eigenvalue weighted by Gasteiger charge is -2.15. The molecule has 138 valence electrons. The maximum atomic E-state index is 11.6. The van der Waals surface area contributed by atoms with Crippen molar-refractivity contribution in [3.05, 3.63) is 71.8 Å². The number of phenols is 2. The van der Waals surface area contributed by atoms with Gasteiger partial charge in [-0.15, -0.1) is 0 Å². The standard InChI is InChI=1S/C22H14O6/c23-17-9-7-11-13(3-1-5-15(11)21(25)26)19(17)20-14-4-2-6-16(22(27)28)12(14)8-10-18(20)24/h1-10,23-24H,(H,25,26)(H,27,28). The molecule has 0 saturated carbocycles. The maximum Gasteiger partial charge on any atom is 0.336 e. The highest BCUT2D eigenvalue weighted by molar-refractivity contribution is 6.16. The number of rotatable bonds is 3. The van der Waals surface area contributed by atoms with Gasteiger partial charge in [0.1, 0.15) is 11.5 Å². The smallest absolute Gasteiger partial charge is 0.336 e. The molecule has 0 bridgehead atoms. The van der Waals surface area contributed by atoms with Crippen molar-refractivity contribution in [1.29, 1.82) is 0 Å². The monoisotopic (exact) mass is 374 g/mol. The van der Waals surface area contributed by atoms with Crippen molar-refractivity contribution in [1.82, 2.24) is 0 Å². The first-order valence-electron chi connectivity index (χ1n) is 8.36. The molecule has 0 aliphatic rings. The number of hydrogen-bond acceptors (Lipinski definition) is 4. The molecule has 4 aromatic carbocycles. The molecule has 0 saturated heterocycles. The number of hydrogen-bond donors (Lipinski definition) is 4. The highest BCUT2D eigenvalue weighted by Gasteiger charge is 2.20. The summed E-state index contributed by atoms with van der Waals surface area (Å²) in [6.07, 6.45) is 0. The molecule has 0 fully saturated rings. The van der Waals surface area contributed by atoms with Crippen molar-refractivity contribution in [3.63, 3.8) is 0 Å².